The first-order valence-electron chi connectivity index (χ1n) is 7.46. The Balaban J connectivity index is 1.77. The number of benzene rings is 1. The molecule has 0 unspecified atom stereocenters. The van der Waals surface area contributed by atoms with Gasteiger partial charge in [0.05, 0.1) is 18.4 Å². The fraction of sp³-hybridized carbons (Fsp3) is 0.412. The van der Waals surface area contributed by atoms with Crippen molar-refractivity contribution in [1.82, 2.24) is 0 Å². The summed E-state index contributed by atoms with van der Waals surface area (Å²) in [5.74, 6) is -1.07. The molecule has 0 radical (unpaired) electrons. The highest BCUT2D eigenvalue weighted by atomic mass is 35.5. The van der Waals surface area contributed by atoms with E-state index in [1.807, 2.05) is 31.2 Å². The number of amides is 1. The Morgan fingerprint density at radius 2 is 2.23 bits per heavy atom. The summed E-state index contributed by atoms with van der Waals surface area (Å²) in [6.07, 6.45) is 5.37. The monoisotopic (exact) mass is 319 g/mol. The van der Waals surface area contributed by atoms with Crippen molar-refractivity contribution < 1.29 is 14.3 Å². The lowest BCUT2D eigenvalue weighted by atomic mass is 9.73. The Bertz CT molecular complexity index is 641. The predicted octanol–water partition coefficient (Wildman–Crippen LogP) is 3.34. The van der Waals surface area contributed by atoms with Gasteiger partial charge in [-0.15, -0.1) is 0 Å². The van der Waals surface area contributed by atoms with Gasteiger partial charge in [-0.25, -0.2) is 0 Å². The molecule has 1 aliphatic heterocycles. The average Bonchev–Trinajstić information content (AvgIpc) is 2.51. The molecule has 116 valence electrons. The van der Waals surface area contributed by atoms with E-state index in [2.05, 4.69) is 5.32 Å². The summed E-state index contributed by atoms with van der Waals surface area (Å²) in [6.45, 7) is 2.34. The van der Waals surface area contributed by atoms with Gasteiger partial charge >= 0.3 is 5.97 Å². The third-order valence-electron chi connectivity index (χ3n) is 4.41. The van der Waals surface area contributed by atoms with Crippen LogP contribution in [0.25, 0.3) is 0 Å². The fourth-order valence-electron chi connectivity index (χ4n) is 3.15. The van der Waals surface area contributed by atoms with Crippen molar-refractivity contribution in [3.05, 3.63) is 40.9 Å². The SMILES string of the molecule is Cc1ccc(NC(=O)[C@@H]2CC=C[C@@H]3CCOC(=O)[C@@H]32)cc1Cl. The Morgan fingerprint density at radius 1 is 1.41 bits per heavy atom. The smallest absolute Gasteiger partial charge is 0.310 e. The van der Waals surface area contributed by atoms with E-state index in [1.165, 1.54) is 0 Å². The van der Waals surface area contributed by atoms with Crippen LogP contribution in [0.3, 0.4) is 0 Å². The topological polar surface area (TPSA) is 55.4 Å². The van der Waals surface area contributed by atoms with E-state index in [1.54, 1.807) is 6.07 Å². The van der Waals surface area contributed by atoms with Crippen molar-refractivity contribution in [2.24, 2.45) is 17.8 Å². The molecule has 0 bridgehead atoms. The van der Waals surface area contributed by atoms with Gasteiger partial charge in [0, 0.05) is 10.7 Å². The van der Waals surface area contributed by atoms with Gasteiger partial charge in [-0.05, 0) is 43.4 Å². The summed E-state index contributed by atoms with van der Waals surface area (Å²) in [4.78, 5) is 24.6. The maximum atomic E-state index is 12.6. The highest BCUT2D eigenvalue weighted by Gasteiger charge is 2.43. The number of anilines is 1. The van der Waals surface area contributed by atoms with E-state index in [9.17, 15) is 9.59 Å². The third-order valence-corrected chi connectivity index (χ3v) is 4.82. The minimum atomic E-state index is -0.386. The Labute approximate surface area is 134 Å². The van der Waals surface area contributed by atoms with E-state index >= 15 is 0 Å². The number of halogens is 1. The number of hydrogen-bond donors (Lipinski definition) is 1. The number of esters is 1. The molecule has 1 N–H and O–H groups in total. The molecule has 1 saturated heterocycles. The number of cyclic esters (lactones) is 1. The second-order valence-corrected chi connectivity index (χ2v) is 6.28. The van der Waals surface area contributed by atoms with Crippen molar-refractivity contribution in [3.63, 3.8) is 0 Å². The number of aryl methyl sites for hydroxylation is 1. The highest BCUT2D eigenvalue weighted by molar-refractivity contribution is 6.31. The normalized spacial score (nSPS) is 27.0. The quantitative estimate of drug-likeness (QED) is 0.672. The van der Waals surface area contributed by atoms with Gasteiger partial charge in [0.1, 0.15) is 0 Å². The zero-order valence-corrected chi connectivity index (χ0v) is 13.1. The molecule has 1 aromatic rings. The first-order valence-corrected chi connectivity index (χ1v) is 7.84. The third kappa shape index (κ3) is 2.88. The number of ether oxygens (including phenoxy) is 1. The van der Waals surface area contributed by atoms with Crippen LogP contribution in [0.5, 0.6) is 0 Å². The number of rotatable bonds is 2. The second kappa shape index (κ2) is 6.13. The number of nitrogens with one attached hydrogen (secondary N) is 1. The minimum absolute atomic E-state index is 0.104. The Morgan fingerprint density at radius 3 is 3.00 bits per heavy atom. The molecule has 1 aliphatic carbocycles. The van der Waals surface area contributed by atoms with Crippen molar-refractivity contribution in [1.29, 1.82) is 0 Å². The lowest BCUT2D eigenvalue weighted by Gasteiger charge is -2.35. The first-order chi connectivity index (χ1) is 10.6. The summed E-state index contributed by atoms with van der Waals surface area (Å²) in [5, 5.41) is 3.48. The van der Waals surface area contributed by atoms with Gasteiger partial charge in [-0.3, -0.25) is 9.59 Å². The van der Waals surface area contributed by atoms with Gasteiger partial charge in [-0.2, -0.15) is 0 Å². The Hall–Kier alpha value is -1.81. The molecule has 5 heteroatoms. The van der Waals surface area contributed by atoms with Gasteiger partial charge in [0.15, 0.2) is 0 Å². The summed E-state index contributed by atoms with van der Waals surface area (Å²) < 4.78 is 5.14. The molecule has 1 fully saturated rings. The molecule has 0 spiro atoms. The number of hydrogen-bond acceptors (Lipinski definition) is 3. The molecule has 1 amide bonds. The molecule has 3 rings (SSSR count). The summed E-state index contributed by atoms with van der Waals surface area (Å²) in [7, 11) is 0. The van der Waals surface area contributed by atoms with E-state index in [-0.39, 0.29) is 29.6 Å². The summed E-state index contributed by atoms with van der Waals surface area (Å²) in [5.41, 5.74) is 1.60. The zero-order chi connectivity index (χ0) is 15.7. The highest BCUT2D eigenvalue weighted by Crippen LogP contribution is 2.37. The second-order valence-electron chi connectivity index (χ2n) is 5.87. The van der Waals surface area contributed by atoms with Crippen LogP contribution >= 0.6 is 11.6 Å². The molecular weight excluding hydrogens is 302 g/mol. The van der Waals surface area contributed by atoms with Crippen molar-refractivity contribution in [2.75, 3.05) is 11.9 Å². The molecule has 4 nitrogen and oxygen atoms in total. The van der Waals surface area contributed by atoms with Crippen molar-refractivity contribution in [3.8, 4) is 0 Å². The molecule has 3 atom stereocenters. The van der Waals surface area contributed by atoms with Crippen LogP contribution in [0.1, 0.15) is 18.4 Å². The molecule has 2 aliphatic rings. The number of carbonyl (C=O) groups is 2. The van der Waals surface area contributed by atoms with Gasteiger partial charge in [0.2, 0.25) is 5.91 Å². The van der Waals surface area contributed by atoms with Crippen LogP contribution in [-0.2, 0) is 14.3 Å². The minimum Gasteiger partial charge on any atom is -0.465 e. The van der Waals surface area contributed by atoms with E-state index < -0.39 is 0 Å². The number of fused-ring (bicyclic) bond motifs is 1. The van der Waals surface area contributed by atoms with Crippen molar-refractivity contribution >= 4 is 29.2 Å². The van der Waals surface area contributed by atoms with Crippen LogP contribution < -0.4 is 5.32 Å². The van der Waals surface area contributed by atoms with E-state index in [0.717, 1.165) is 12.0 Å². The molecule has 0 saturated carbocycles. The maximum absolute atomic E-state index is 12.6. The molecule has 1 heterocycles. The number of carbonyl (C=O) groups excluding carboxylic acids is 2. The molecule has 22 heavy (non-hydrogen) atoms. The first kappa shape index (κ1) is 15.1. The Kier molecular flexibility index (Phi) is 4.21. The standard InChI is InChI=1S/C17H18ClNO3/c1-10-5-6-12(9-14(10)18)19-16(20)13-4-2-3-11-7-8-22-17(21)15(11)13/h2-3,5-6,9,11,13,15H,4,7-8H2,1H3,(H,19,20)/t11-,13-,15+/m1/s1. The van der Waals surface area contributed by atoms with Crippen LogP contribution in [0.4, 0.5) is 5.69 Å². The lowest BCUT2D eigenvalue weighted by molar-refractivity contribution is -0.160. The summed E-state index contributed by atoms with van der Waals surface area (Å²) >= 11 is 6.08. The van der Waals surface area contributed by atoms with Crippen molar-refractivity contribution in [2.45, 2.75) is 19.8 Å². The lowest BCUT2D eigenvalue weighted by Crippen LogP contribution is -2.43. The average molecular weight is 320 g/mol. The van der Waals surface area contributed by atoms with E-state index in [4.69, 9.17) is 16.3 Å². The molecular formula is C17H18ClNO3. The zero-order valence-electron chi connectivity index (χ0n) is 12.3. The fourth-order valence-corrected chi connectivity index (χ4v) is 3.33. The summed E-state index contributed by atoms with van der Waals surface area (Å²) in [6, 6.07) is 5.40. The van der Waals surface area contributed by atoms with Gasteiger partial charge < -0.3 is 10.1 Å². The predicted molar refractivity (Wildman–Crippen MR) is 84.6 cm³/mol. The van der Waals surface area contributed by atoms with Crippen LogP contribution in [0.15, 0.2) is 30.4 Å². The largest absolute Gasteiger partial charge is 0.465 e. The molecule has 0 aromatic heterocycles. The maximum Gasteiger partial charge on any atom is 0.310 e. The van der Waals surface area contributed by atoms with Gasteiger partial charge in [-0.1, -0.05) is 29.8 Å². The van der Waals surface area contributed by atoms with Crippen LogP contribution in [0, 0.1) is 24.7 Å². The van der Waals surface area contributed by atoms with Gasteiger partial charge in [0.25, 0.3) is 0 Å². The molecule has 1 aromatic carbocycles. The number of allylic oxidation sites excluding steroid dienone is 2. The van der Waals surface area contributed by atoms with Crippen LogP contribution in [0.2, 0.25) is 5.02 Å². The van der Waals surface area contributed by atoms with E-state index in [0.29, 0.717) is 23.7 Å². The van der Waals surface area contributed by atoms with Crippen LogP contribution in [-0.4, -0.2) is 18.5 Å².